The van der Waals surface area contributed by atoms with Gasteiger partial charge >= 0.3 is 0 Å². The Kier molecular flexibility index (Phi) is 11.1. The van der Waals surface area contributed by atoms with Gasteiger partial charge in [0, 0.05) is 11.9 Å². The van der Waals surface area contributed by atoms with Crippen molar-refractivity contribution in [1.82, 2.24) is 5.32 Å². The molecule has 1 nitrogen and oxygen atoms in total. The fourth-order valence-corrected chi connectivity index (χ4v) is 0.369. The monoisotopic (exact) mass is 171 g/mol. The Hall–Kier alpha value is -0.630. The fourth-order valence-electron chi connectivity index (χ4n) is 0.301. The molecule has 0 radical (unpaired) electrons. The smallest absolute Gasteiger partial charge is 0.0414 e. The summed E-state index contributed by atoms with van der Waals surface area (Å²) in [6.45, 7) is 9.58. The van der Waals surface area contributed by atoms with Crippen LogP contribution in [0.4, 0.5) is 0 Å². The van der Waals surface area contributed by atoms with Crippen LogP contribution >= 0.6 is 12.2 Å². The number of nitrogens with one attached hydrogen (secondary N) is 1. The number of rotatable bonds is 3. The third kappa shape index (κ3) is 9.37. The maximum absolute atomic E-state index is 4.92. The zero-order chi connectivity index (χ0) is 9.28. The molecule has 0 fully saturated rings. The summed E-state index contributed by atoms with van der Waals surface area (Å²) in [5.41, 5.74) is 0.927. The molecule has 0 atom stereocenters. The van der Waals surface area contributed by atoms with Gasteiger partial charge in [-0.3, -0.25) is 0 Å². The second kappa shape index (κ2) is 9.37. The van der Waals surface area contributed by atoms with E-state index in [1.807, 2.05) is 33.9 Å². The highest BCUT2D eigenvalue weighted by Gasteiger charge is 1.86. The maximum Gasteiger partial charge on any atom is 0.0414 e. The van der Waals surface area contributed by atoms with Gasteiger partial charge in [-0.2, -0.15) is 0 Å². The van der Waals surface area contributed by atoms with E-state index in [1.165, 1.54) is 0 Å². The van der Waals surface area contributed by atoms with E-state index in [-0.39, 0.29) is 0 Å². The van der Waals surface area contributed by atoms with Gasteiger partial charge < -0.3 is 5.32 Å². The first-order valence-electron chi connectivity index (χ1n) is 3.72. The maximum atomic E-state index is 4.92. The van der Waals surface area contributed by atoms with Gasteiger partial charge in [0.05, 0.1) is 0 Å². The van der Waals surface area contributed by atoms with E-state index >= 15 is 0 Å². The van der Waals surface area contributed by atoms with Gasteiger partial charge in [-0.05, 0) is 24.8 Å². The molecule has 0 saturated carbocycles. The standard InChI is InChI=1S/C7H11NS.C2H6/c1-6(2)7(9)4-5-8-3;1-2/h4-5,8H,1H2,2-3H3;1-2H3/b5-4-;. The second-order valence-electron chi connectivity index (χ2n) is 1.77. The van der Waals surface area contributed by atoms with E-state index in [9.17, 15) is 0 Å². The summed E-state index contributed by atoms with van der Waals surface area (Å²) in [6, 6.07) is 0. The Bertz CT molecular complexity index is 148. The molecule has 0 aliphatic rings. The summed E-state index contributed by atoms with van der Waals surface area (Å²) in [5.74, 6) is 0. The lowest BCUT2D eigenvalue weighted by Crippen LogP contribution is -1.95. The number of thiocarbonyl (C=S) groups is 1. The highest BCUT2D eigenvalue weighted by atomic mass is 32.1. The normalized spacial score (nSPS) is 8.36. The molecule has 2 heteroatoms. The lowest BCUT2D eigenvalue weighted by Gasteiger charge is -1.91. The minimum absolute atomic E-state index is 0.796. The molecule has 0 aromatic rings. The van der Waals surface area contributed by atoms with Crippen LogP contribution in [0.2, 0.25) is 0 Å². The average molecular weight is 171 g/mol. The van der Waals surface area contributed by atoms with Crippen molar-refractivity contribution in [3.8, 4) is 0 Å². The van der Waals surface area contributed by atoms with E-state index in [1.54, 1.807) is 6.20 Å². The molecule has 0 aromatic carbocycles. The van der Waals surface area contributed by atoms with Crippen LogP contribution in [0.3, 0.4) is 0 Å². The molecule has 0 amide bonds. The zero-order valence-electron chi connectivity index (χ0n) is 7.77. The Labute approximate surface area is 75.2 Å². The Morgan fingerprint density at radius 3 is 2.18 bits per heavy atom. The quantitative estimate of drug-likeness (QED) is 0.517. The first-order chi connectivity index (χ1) is 5.18. The van der Waals surface area contributed by atoms with Crippen LogP contribution in [0.25, 0.3) is 0 Å². The van der Waals surface area contributed by atoms with E-state index in [0.29, 0.717) is 0 Å². The molecule has 0 rings (SSSR count). The van der Waals surface area contributed by atoms with E-state index in [2.05, 4.69) is 11.9 Å². The van der Waals surface area contributed by atoms with Gasteiger partial charge in [-0.1, -0.05) is 32.6 Å². The number of hydrogen-bond acceptors (Lipinski definition) is 2. The Balaban J connectivity index is 0. The summed E-state index contributed by atoms with van der Waals surface area (Å²) < 4.78 is 0. The molecule has 1 N–H and O–H groups in total. The van der Waals surface area contributed by atoms with Crippen LogP contribution in [0.1, 0.15) is 20.8 Å². The molecule has 11 heavy (non-hydrogen) atoms. The fraction of sp³-hybridized carbons (Fsp3) is 0.444. The molecule has 0 aromatic heterocycles. The minimum Gasteiger partial charge on any atom is -0.394 e. The van der Waals surface area contributed by atoms with Crippen LogP contribution in [0.15, 0.2) is 24.4 Å². The summed E-state index contributed by atoms with van der Waals surface area (Å²) in [5, 5.41) is 2.84. The second-order valence-corrected chi connectivity index (χ2v) is 2.21. The third-order valence-electron chi connectivity index (χ3n) is 0.822. The SMILES string of the molecule is C=C(C)C(=S)/C=C\NC.CC. The Morgan fingerprint density at radius 1 is 1.45 bits per heavy atom. The van der Waals surface area contributed by atoms with Crippen molar-refractivity contribution >= 4 is 17.1 Å². The van der Waals surface area contributed by atoms with Crippen LogP contribution in [0, 0.1) is 0 Å². The largest absolute Gasteiger partial charge is 0.394 e. The van der Waals surface area contributed by atoms with Crippen molar-refractivity contribution in [3.63, 3.8) is 0 Å². The molecule has 0 spiro atoms. The highest BCUT2D eigenvalue weighted by Crippen LogP contribution is 1.93. The van der Waals surface area contributed by atoms with Crippen LogP contribution in [0.5, 0.6) is 0 Å². The van der Waals surface area contributed by atoms with Gasteiger partial charge in [0.1, 0.15) is 0 Å². The van der Waals surface area contributed by atoms with Gasteiger partial charge in [0.2, 0.25) is 0 Å². The van der Waals surface area contributed by atoms with Crippen LogP contribution in [-0.4, -0.2) is 11.9 Å². The van der Waals surface area contributed by atoms with Crippen LogP contribution < -0.4 is 5.32 Å². The van der Waals surface area contributed by atoms with E-state index in [4.69, 9.17) is 12.2 Å². The van der Waals surface area contributed by atoms with Crippen molar-refractivity contribution in [1.29, 1.82) is 0 Å². The molecular weight excluding hydrogens is 154 g/mol. The van der Waals surface area contributed by atoms with Crippen molar-refractivity contribution < 1.29 is 0 Å². The van der Waals surface area contributed by atoms with E-state index < -0.39 is 0 Å². The predicted molar refractivity (Wildman–Crippen MR) is 57.0 cm³/mol. The highest BCUT2D eigenvalue weighted by molar-refractivity contribution is 7.81. The van der Waals surface area contributed by atoms with Gasteiger partial charge in [-0.25, -0.2) is 0 Å². The molecule has 0 unspecified atom stereocenters. The third-order valence-corrected chi connectivity index (χ3v) is 1.31. The topological polar surface area (TPSA) is 12.0 Å². The van der Waals surface area contributed by atoms with Crippen molar-refractivity contribution in [2.45, 2.75) is 20.8 Å². The first-order valence-corrected chi connectivity index (χ1v) is 4.13. The predicted octanol–water partition coefficient (Wildman–Crippen LogP) is 2.69. The Morgan fingerprint density at radius 2 is 1.91 bits per heavy atom. The molecule has 0 saturated heterocycles. The zero-order valence-corrected chi connectivity index (χ0v) is 8.59. The lowest BCUT2D eigenvalue weighted by molar-refractivity contribution is 1.11. The average Bonchev–Trinajstić information content (AvgIpc) is 2.03. The number of hydrogen-bond donors (Lipinski definition) is 1. The molecule has 0 aliphatic heterocycles. The molecule has 64 valence electrons. The van der Waals surface area contributed by atoms with Gasteiger partial charge in [-0.15, -0.1) is 0 Å². The summed E-state index contributed by atoms with van der Waals surface area (Å²) in [6.07, 6.45) is 3.61. The molecule has 0 bridgehead atoms. The van der Waals surface area contributed by atoms with E-state index in [0.717, 1.165) is 10.4 Å². The van der Waals surface area contributed by atoms with Crippen molar-refractivity contribution in [2.75, 3.05) is 7.05 Å². The lowest BCUT2D eigenvalue weighted by atomic mass is 10.2. The number of allylic oxidation sites excluding steroid dienone is 2. The van der Waals surface area contributed by atoms with Gasteiger partial charge in [0.15, 0.2) is 0 Å². The minimum atomic E-state index is 0.796. The van der Waals surface area contributed by atoms with Crippen molar-refractivity contribution in [3.05, 3.63) is 24.4 Å². The summed E-state index contributed by atoms with van der Waals surface area (Å²) in [7, 11) is 1.83. The summed E-state index contributed by atoms with van der Waals surface area (Å²) >= 11 is 4.92. The molecule has 0 heterocycles. The van der Waals surface area contributed by atoms with Crippen molar-refractivity contribution in [2.24, 2.45) is 0 Å². The first kappa shape index (κ1) is 13.0. The van der Waals surface area contributed by atoms with Gasteiger partial charge in [0.25, 0.3) is 0 Å². The van der Waals surface area contributed by atoms with Crippen LogP contribution in [-0.2, 0) is 0 Å². The molecular formula is C9H17NS. The molecule has 0 aliphatic carbocycles. The summed E-state index contributed by atoms with van der Waals surface area (Å²) in [4.78, 5) is 0.796.